The molecule has 1 saturated heterocycles. The Kier molecular flexibility index (Phi) is 3.90. The number of hydrogen-bond donors (Lipinski definition) is 2. The number of carbonyl (C=O) groups is 1. The average Bonchev–Trinajstić information content (AvgIpc) is 2.71. The van der Waals surface area contributed by atoms with Crippen LogP contribution in [-0.4, -0.2) is 54.2 Å². The van der Waals surface area contributed by atoms with Crippen LogP contribution in [0.1, 0.15) is 6.42 Å². The van der Waals surface area contributed by atoms with Crippen LogP contribution < -0.4 is 10.5 Å². The van der Waals surface area contributed by atoms with E-state index in [-0.39, 0.29) is 17.4 Å². The lowest BCUT2D eigenvalue weighted by Crippen LogP contribution is -2.28. The average molecular weight is 265 g/mol. The van der Waals surface area contributed by atoms with Gasteiger partial charge in [-0.2, -0.15) is 0 Å². The number of rotatable bonds is 3. The van der Waals surface area contributed by atoms with Crippen molar-refractivity contribution in [1.29, 1.82) is 0 Å². The van der Waals surface area contributed by atoms with E-state index in [4.69, 9.17) is 0 Å². The predicted octanol–water partition coefficient (Wildman–Crippen LogP) is -0.350. The fourth-order valence-electron chi connectivity index (χ4n) is 2.30. The number of aliphatic hydroxyl groups is 1. The molecule has 1 aromatic heterocycles. The molecule has 6 nitrogen and oxygen atoms in total. The SMILES string of the molecule is CN(C)C(=O)C[C@@H]1CN(c2cc[nH]c(=O)c2)C[C@H]1O. The molecule has 104 valence electrons. The Balaban J connectivity index is 2.05. The van der Waals surface area contributed by atoms with Crippen molar-refractivity contribution in [1.82, 2.24) is 9.88 Å². The highest BCUT2D eigenvalue weighted by Crippen LogP contribution is 2.25. The lowest BCUT2D eigenvalue weighted by atomic mass is 10.0. The molecule has 0 spiro atoms. The van der Waals surface area contributed by atoms with E-state index in [0.717, 1.165) is 5.69 Å². The first kappa shape index (κ1) is 13.6. The molecular weight excluding hydrogens is 246 g/mol. The van der Waals surface area contributed by atoms with Gasteiger partial charge in [0.1, 0.15) is 0 Å². The summed E-state index contributed by atoms with van der Waals surface area (Å²) in [5, 5.41) is 10.0. The maximum Gasteiger partial charge on any atom is 0.249 e. The summed E-state index contributed by atoms with van der Waals surface area (Å²) in [6.07, 6.45) is 1.37. The van der Waals surface area contributed by atoms with Crippen LogP contribution in [-0.2, 0) is 4.79 Å². The standard InChI is InChI=1S/C13H19N3O3/c1-15(2)13(19)5-9-7-16(8-11(9)17)10-3-4-14-12(18)6-10/h3-4,6,9,11,17H,5,7-8H2,1-2H3,(H,14,18)/t9-,11-/m1/s1. The number of nitrogens with one attached hydrogen (secondary N) is 1. The van der Waals surface area contributed by atoms with Crippen LogP contribution >= 0.6 is 0 Å². The van der Waals surface area contributed by atoms with Crippen LogP contribution in [0.4, 0.5) is 5.69 Å². The van der Waals surface area contributed by atoms with E-state index in [2.05, 4.69) is 4.98 Å². The van der Waals surface area contributed by atoms with Crippen molar-refractivity contribution in [2.45, 2.75) is 12.5 Å². The van der Waals surface area contributed by atoms with Crippen molar-refractivity contribution in [2.24, 2.45) is 5.92 Å². The molecule has 1 amide bonds. The minimum atomic E-state index is -0.539. The lowest BCUT2D eigenvalue weighted by molar-refractivity contribution is -0.130. The minimum absolute atomic E-state index is 0.0109. The van der Waals surface area contributed by atoms with Gasteiger partial charge in [-0.05, 0) is 6.07 Å². The number of β-amino-alcohol motifs (C(OH)–C–C–N with tert-alkyl or cyclic N) is 1. The quantitative estimate of drug-likeness (QED) is 0.783. The molecule has 2 heterocycles. The molecule has 2 rings (SSSR count). The first-order valence-electron chi connectivity index (χ1n) is 6.29. The van der Waals surface area contributed by atoms with Crippen LogP contribution in [0.15, 0.2) is 23.1 Å². The highest BCUT2D eigenvalue weighted by molar-refractivity contribution is 5.76. The summed E-state index contributed by atoms with van der Waals surface area (Å²) in [6, 6.07) is 3.30. The van der Waals surface area contributed by atoms with Gasteiger partial charge < -0.3 is 19.9 Å². The number of aliphatic hydroxyl groups excluding tert-OH is 1. The van der Waals surface area contributed by atoms with E-state index in [0.29, 0.717) is 19.5 Å². The van der Waals surface area contributed by atoms with Crippen LogP contribution in [0, 0.1) is 5.92 Å². The molecule has 2 N–H and O–H groups in total. The largest absolute Gasteiger partial charge is 0.391 e. The molecule has 1 aliphatic rings. The van der Waals surface area contributed by atoms with Crippen molar-refractivity contribution in [2.75, 3.05) is 32.1 Å². The van der Waals surface area contributed by atoms with Crippen molar-refractivity contribution in [3.05, 3.63) is 28.7 Å². The Morgan fingerprint density at radius 1 is 1.53 bits per heavy atom. The third kappa shape index (κ3) is 3.14. The summed E-state index contributed by atoms with van der Waals surface area (Å²) in [5.41, 5.74) is 0.613. The maximum atomic E-state index is 11.7. The molecule has 2 atom stereocenters. The van der Waals surface area contributed by atoms with Gasteiger partial charge in [-0.1, -0.05) is 0 Å². The van der Waals surface area contributed by atoms with E-state index < -0.39 is 6.10 Å². The van der Waals surface area contributed by atoms with Gasteiger partial charge in [0.05, 0.1) is 6.10 Å². The smallest absolute Gasteiger partial charge is 0.249 e. The molecule has 1 aromatic rings. The van der Waals surface area contributed by atoms with Crippen LogP contribution in [0.3, 0.4) is 0 Å². The number of hydrogen-bond acceptors (Lipinski definition) is 4. The van der Waals surface area contributed by atoms with Crippen molar-refractivity contribution >= 4 is 11.6 Å². The second kappa shape index (κ2) is 5.44. The number of amides is 1. The van der Waals surface area contributed by atoms with Gasteiger partial charge in [0, 0.05) is 57.5 Å². The monoisotopic (exact) mass is 265 g/mol. The lowest BCUT2D eigenvalue weighted by Gasteiger charge is -2.18. The Labute approximate surface area is 111 Å². The number of pyridine rings is 1. The number of aromatic amines is 1. The minimum Gasteiger partial charge on any atom is -0.391 e. The zero-order valence-corrected chi connectivity index (χ0v) is 11.2. The van der Waals surface area contributed by atoms with Crippen LogP contribution in [0.5, 0.6) is 0 Å². The fraction of sp³-hybridized carbons (Fsp3) is 0.538. The first-order chi connectivity index (χ1) is 8.97. The van der Waals surface area contributed by atoms with E-state index in [9.17, 15) is 14.7 Å². The number of nitrogens with zero attached hydrogens (tertiary/aromatic N) is 2. The molecular formula is C13H19N3O3. The van der Waals surface area contributed by atoms with E-state index in [1.54, 1.807) is 26.4 Å². The van der Waals surface area contributed by atoms with Gasteiger partial charge in [0.15, 0.2) is 0 Å². The normalized spacial score (nSPS) is 22.6. The van der Waals surface area contributed by atoms with Gasteiger partial charge in [-0.3, -0.25) is 9.59 Å². The Hall–Kier alpha value is -1.82. The Bertz CT molecular complexity index is 512. The summed E-state index contributed by atoms with van der Waals surface area (Å²) in [4.78, 5) is 29.0. The molecule has 0 saturated carbocycles. The molecule has 0 bridgehead atoms. The summed E-state index contributed by atoms with van der Waals surface area (Å²) >= 11 is 0. The van der Waals surface area contributed by atoms with Crippen molar-refractivity contribution < 1.29 is 9.90 Å². The van der Waals surface area contributed by atoms with Gasteiger partial charge in [0.2, 0.25) is 11.5 Å². The highest BCUT2D eigenvalue weighted by atomic mass is 16.3. The Morgan fingerprint density at radius 2 is 2.26 bits per heavy atom. The van der Waals surface area contributed by atoms with E-state index in [1.165, 1.54) is 11.0 Å². The molecule has 0 aliphatic carbocycles. The number of carbonyl (C=O) groups excluding carboxylic acids is 1. The topological polar surface area (TPSA) is 76.6 Å². The summed E-state index contributed by atoms with van der Waals surface area (Å²) in [6.45, 7) is 1.04. The molecule has 0 aromatic carbocycles. The second-order valence-corrected chi connectivity index (χ2v) is 5.14. The zero-order chi connectivity index (χ0) is 14.0. The number of anilines is 1. The van der Waals surface area contributed by atoms with Crippen molar-refractivity contribution in [3.8, 4) is 0 Å². The van der Waals surface area contributed by atoms with Crippen molar-refractivity contribution in [3.63, 3.8) is 0 Å². The highest BCUT2D eigenvalue weighted by Gasteiger charge is 2.33. The number of H-pyrrole nitrogens is 1. The van der Waals surface area contributed by atoms with Crippen LogP contribution in [0.2, 0.25) is 0 Å². The maximum absolute atomic E-state index is 11.7. The van der Waals surface area contributed by atoms with E-state index in [1.807, 2.05) is 4.90 Å². The first-order valence-corrected chi connectivity index (χ1v) is 6.29. The predicted molar refractivity (Wildman–Crippen MR) is 72.1 cm³/mol. The second-order valence-electron chi connectivity index (χ2n) is 5.14. The molecule has 19 heavy (non-hydrogen) atoms. The Morgan fingerprint density at radius 3 is 2.89 bits per heavy atom. The van der Waals surface area contributed by atoms with Crippen LogP contribution in [0.25, 0.3) is 0 Å². The molecule has 0 unspecified atom stereocenters. The molecule has 0 radical (unpaired) electrons. The van der Waals surface area contributed by atoms with Gasteiger partial charge in [-0.15, -0.1) is 0 Å². The number of aromatic nitrogens is 1. The molecule has 6 heteroatoms. The summed E-state index contributed by atoms with van der Waals surface area (Å²) in [5.74, 6) is -0.0778. The third-order valence-electron chi connectivity index (χ3n) is 3.47. The zero-order valence-electron chi connectivity index (χ0n) is 11.2. The molecule has 1 fully saturated rings. The van der Waals surface area contributed by atoms with Gasteiger partial charge >= 0.3 is 0 Å². The molecule has 1 aliphatic heterocycles. The van der Waals surface area contributed by atoms with E-state index >= 15 is 0 Å². The van der Waals surface area contributed by atoms with Gasteiger partial charge in [-0.25, -0.2) is 0 Å². The fourth-order valence-corrected chi connectivity index (χ4v) is 2.30. The van der Waals surface area contributed by atoms with Gasteiger partial charge in [0.25, 0.3) is 0 Å². The summed E-state index contributed by atoms with van der Waals surface area (Å²) < 4.78 is 0. The summed E-state index contributed by atoms with van der Waals surface area (Å²) in [7, 11) is 3.41. The third-order valence-corrected chi connectivity index (χ3v) is 3.47.